The Morgan fingerprint density at radius 3 is 2.81 bits per heavy atom. The average molecular weight is 315 g/mol. The summed E-state index contributed by atoms with van der Waals surface area (Å²) in [5, 5.41) is 3.97. The number of sulfonamides is 1. The molecule has 1 atom stereocenters. The minimum Gasteiger partial charge on any atom is -0.379 e. The van der Waals surface area contributed by atoms with Gasteiger partial charge in [-0.1, -0.05) is 6.42 Å². The van der Waals surface area contributed by atoms with E-state index >= 15 is 0 Å². The van der Waals surface area contributed by atoms with Crippen LogP contribution in [0.2, 0.25) is 0 Å². The minimum absolute atomic E-state index is 0.0303. The monoisotopic (exact) mass is 315 g/mol. The van der Waals surface area contributed by atoms with Gasteiger partial charge in [-0.3, -0.25) is 4.68 Å². The topological polar surface area (TPSA) is 64.4 Å². The second kappa shape index (κ2) is 6.89. The van der Waals surface area contributed by atoms with Gasteiger partial charge in [0.25, 0.3) is 0 Å². The molecule has 1 aromatic heterocycles. The van der Waals surface area contributed by atoms with E-state index in [1.165, 1.54) is 10.9 Å². The van der Waals surface area contributed by atoms with Crippen LogP contribution in [-0.4, -0.2) is 47.8 Å². The molecule has 0 radical (unpaired) electrons. The van der Waals surface area contributed by atoms with Crippen LogP contribution in [0.4, 0.5) is 0 Å². The van der Waals surface area contributed by atoms with Crippen molar-refractivity contribution in [3.8, 4) is 0 Å². The lowest BCUT2D eigenvalue weighted by molar-refractivity contribution is 0.0620. The van der Waals surface area contributed by atoms with Crippen LogP contribution in [0, 0.1) is 0 Å². The molecule has 1 aromatic rings. The summed E-state index contributed by atoms with van der Waals surface area (Å²) >= 11 is 0. The van der Waals surface area contributed by atoms with Crippen LogP contribution in [0.25, 0.3) is 0 Å². The largest absolute Gasteiger partial charge is 0.379 e. The van der Waals surface area contributed by atoms with E-state index in [0.717, 1.165) is 25.7 Å². The number of aromatic nitrogens is 2. The minimum atomic E-state index is -3.45. The van der Waals surface area contributed by atoms with Gasteiger partial charge in [0.05, 0.1) is 12.3 Å². The standard InChI is InChI=1S/C14H25N3O3S/c1-12(2)20-9-7-13-6-4-5-8-17(13)21(18,19)14-10-15-16(3)11-14/h10-13H,4-9H2,1-3H3/t13-/m0/s1. The molecule has 0 amide bonds. The first-order chi connectivity index (χ1) is 9.91. The van der Waals surface area contributed by atoms with Crippen LogP contribution in [0.5, 0.6) is 0 Å². The SMILES string of the molecule is CC(C)OCC[C@@H]1CCCCN1S(=O)(=O)c1cnn(C)c1. The van der Waals surface area contributed by atoms with Crippen molar-refractivity contribution in [2.45, 2.75) is 56.6 Å². The zero-order valence-corrected chi connectivity index (χ0v) is 13.8. The van der Waals surface area contributed by atoms with E-state index in [-0.39, 0.29) is 17.0 Å². The van der Waals surface area contributed by atoms with E-state index in [4.69, 9.17) is 4.74 Å². The number of hydrogen-bond donors (Lipinski definition) is 0. The second-order valence-electron chi connectivity index (χ2n) is 5.82. The highest BCUT2D eigenvalue weighted by molar-refractivity contribution is 7.89. The van der Waals surface area contributed by atoms with Crippen LogP contribution in [0.15, 0.2) is 17.3 Å². The Hall–Kier alpha value is -0.920. The molecule has 1 saturated heterocycles. The van der Waals surface area contributed by atoms with Crippen LogP contribution in [0.1, 0.15) is 39.5 Å². The van der Waals surface area contributed by atoms with Crippen molar-refractivity contribution in [2.75, 3.05) is 13.2 Å². The van der Waals surface area contributed by atoms with Crippen molar-refractivity contribution in [3.63, 3.8) is 0 Å². The number of rotatable bonds is 6. The molecule has 21 heavy (non-hydrogen) atoms. The Balaban J connectivity index is 2.10. The molecule has 6 nitrogen and oxygen atoms in total. The lowest BCUT2D eigenvalue weighted by atomic mass is 10.0. The molecule has 0 unspecified atom stereocenters. The average Bonchev–Trinajstić information content (AvgIpc) is 2.86. The Morgan fingerprint density at radius 2 is 2.19 bits per heavy atom. The van der Waals surface area contributed by atoms with E-state index in [2.05, 4.69) is 5.10 Å². The quantitative estimate of drug-likeness (QED) is 0.802. The lowest BCUT2D eigenvalue weighted by Gasteiger charge is -2.34. The van der Waals surface area contributed by atoms with Gasteiger partial charge in [-0.05, 0) is 33.1 Å². The maximum atomic E-state index is 12.7. The summed E-state index contributed by atoms with van der Waals surface area (Å²) in [6, 6.07) is 0.0303. The molecule has 2 heterocycles. The van der Waals surface area contributed by atoms with Crippen molar-refractivity contribution in [1.82, 2.24) is 14.1 Å². The lowest BCUT2D eigenvalue weighted by Crippen LogP contribution is -2.44. The Kier molecular flexibility index (Phi) is 5.40. The molecule has 1 fully saturated rings. The molecule has 0 spiro atoms. The van der Waals surface area contributed by atoms with E-state index in [1.807, 2.05) is 13.8 Å². The molecule has 0 aromatic carbocycles. The van der Waals surface area contributed by atoms with Gasteiger partial charge in [-0.15, -0.1) is 0 Å². The summed E-state index contributed by atoms with van der Waals surface area (Å²) in [6.07, 6.45) is 6.81. The highest BCUT2D eigenvalue weighted by atomic mass is 32.2. The first kappa shape index (κ1) is 16.5. The summed E-state index contributed by atoms with van der Waals surface area (Å²) in [7, 11) is -1.72. The van der Waals surface area contributed by atoms with Gasteiger partial charge in [0.2, 0.25) is 10.0 Å². The molecule has 1 aliphatic rings. The summed E-state index contributed by atoms with van der Waals surface area (Å²) in [6.45, 7) is 5.17. The molecular weight excluding hydrogens is 290 g/mol. The maximum absolute atomic E-state index is 12.7. The van der Waals surface area contributed by atoms with Crippen molar-refractivity contribution >= 4 is 10.0 Å². The number of piperidine rings is 1. The van der Waals surface area contributed by atoms with Crippen molar-refractivity contribution in [1.29, 1.82) is 0 Å². The van der Waals surface area contributed by atoms with Gasteiger partial charge in [-0.25, -0.2) is 8.42 Å². The third-order valence-electron chi connectivity index (χ3n) is 3.76. The van der Waals surface area contributed by atoms with Crippen LogP contribution in [-0.2, 0) is 21.8 Å². The predicted molar refractivity (Wildman–Crippen MR) is 80.4 cm³/mol. The maximum Gasteiger partial charge on any atom is 0.246 e. The van der Waals surface area contributed by atoms with E-state index < -0.39 is 10.0 Å². The fourth-order valence-electron chi connectivity index (χ4n) is 2.69. The van der Waals surface area contributed by atoms with Gasteiger partial charge in [0.1, 0.15) is 4.90 Å². The second-order valence-corrected chi connectivity index (χ2v) is 7.71. The molecule has 1 aliphatic heterocycles. The third-order valence-corrected chi connectivity index (χ3v) is 5.67. The van der Waals surface area contributed by atoms with Crippen molar-refractivity contribution in [3.05, 3.63) is 12.4 Å². The number of ether oxygens (including phenoxy) is 1. The molecule has 0 aliphatic carbocycles. The first-order valence-corrected chi connectivity index (χ1v) is 8.97. The number of nitrogens with zero attached hydrogens (tertiary/aromatic N) is 3. The number of hydrogen-bond acceptors (Lipinski definition) is 4. The normalized spacial score (nSPS) is 21.0. The molecule has 0 N–H and O–H groups in total. The van der Waals surface area contributed by atoms with E-state index in [1.54, 1.807) is 17.5 Å². The predicted octanol–water partition coefficient (Wildman–Crippen LogP) is 1.78. The van der Waals surface area contributed by atoms with Gasteiger partial charge in [0, 0.05) is 32.4 Å². The van der Waals surface area contributed by atoms with Gasteiger partial charge in [-0.2, -0.15) is 9.40 Å². The Morgan fingerprint density at radius 1 is 1.43 bits per heavy atom. The molecule has 0 bridgehead atoms. The molecule has 120 valence electrons. The van der Waals surface area contributed by atoms with Crippen molar-refractivity contribution < 1.29 is 13.2 Å². The number of aryl methyl sites for hydroxylation is 1. The van der Waals surface area contributed by atoms with E-state index in [9.17, 15) is 8.42 Å². The smallest absolute Gasteiger partial charge is 0.246 e. The third kappa shape index (κ3) is 4.05. The highest BCUT2D eigenvalue weighted by Gasteiger charge is 2.33. The zero-order chi connectivity index (χ0) is 15.5. The Labute approximate surface area is 127 Å². The summed E-state index contributed by atoms with van der Waals surface area (Å²) in [5.41, 5.74) is 0. The fourth-order valence-corrected chi connectivity index (χ4v) is 4.40. The summed E-state index contributed by atoms with van der Waals surface area (Å²) < 4.78 is 34.2. The van der Waals surface area contributed by atoms with Gasteiger partial charge in [0.15, 0.2) is 0 Å². The molecule has 2 rings (SSSR count). The molecular formula is C14H25N3O3S. The summed E-state index contributed by atoms with van der Waals surface area (Å²) in [4.78, 5) is 0.279. The zero-order valence-electron chi connectivity index (χ0n) is 13.0. The van der Waals surface area contributed by atoms with Crippen molar-refractivity contribution in [2.24, 2.45) is 7.05 Å². The fraction of sp³-hybridized carbons (Fsp3) is 0.786. The van der Waals surface area contributed by atoms with Crippen LogP contribution >= 0.6 is 0 Å². The first-order valence-electron chi connectivity index (χ1n) is 7.53. The van der Waals surface area contributed by atoms with Gasteiger partial charge >= 0.3 is 0 Å². The Bertz CT molecular complexity index is 554. The molecule has 7 heteroatoms. The van der Waals surface area contributed by atoms with Crippen LogP contribution in [0.3, 0.4) is 0 Å². The van der Waals surface area contributed by atoms with Gasteiger partial charge < -0.3 is 4.74 Å². The summed E-state index contributed by atoms with van der Waals surface area (Å²) in [5.74, 6) is 0. The van der Waals surface area contributed by atoms with Crippen LogP contribution < -0.4 is 0 Å². The van der Waals surface area contributed by atoms with E-state index in [0.29, 0.717) is 13.2 Å². The molecule has 0 saturated carbocycles. The highest BCUT2D eigenvalue weighted by Crippen LogP contribution is 2.26.